The minimum atomic E-state index is -0.239. The largest absolute Gasteiger partial charge is 0.332 e. The lowest BCUT2D eigenvalue weighted by Crippen LogP contribution is -2.30. The molecule has 0 unspecified atom stereocenters. The van der Waals surface area contributed by atoms with Crippen molar-refractivity contribution in [1.29, 1.82) is 0 Å². The summed E-state index contributed by atoms with van der Waals surface area (Å²) in [4.78, 5) is 16.5. The molecule has 7 nitrogen and oxygen atoms in total. The maximum absolute atomic E-state index is 12.2. The van der Waals surface area contributed by atoms with Gasteiger partial charge < -0.3 is 9.88 Å². The molecular formula is C17H24N6OS. The molecule has 2 aromatic rings. The molecule has 25 heavy (non-hydrogen) atoms. The molecule has 3 rings (SSSR count). The Hall–Kier alpha value is -2.22. The van der Waals surface area contributed by atoms with E-state index >= 15 is 0 Å². The standard InChI is InChI=1S/C17H24N6OS/c1-22-14(11-19-17(22)25-2)10-18-16(24)21-15-8-9-20-23(15)12-13-6-4-3-5-7-13/h3-4,8-9,11,13H,5-7,10,12H2,1-2H3,(H2,18,21,24)/t13-/m0/s1. The van der Waals surface area contributed by atoms with Gasteiger partial charge in [-0.1, -0.05) is 23.9 Å². The van der Waals surface area contributed by atoms with Crippen LogP contribution in [-0.2, 0) is 20.1 Å². The summed E-state index contributed by atoms with van der Waals surface area (Å²) in [7, 11) is 1.95. The molecule has 0 aliphatic heterocycles. The Morgan fingerprint density at radius 1 is 1.44 bits per heavy atom. The molecule has 2 amide bonds. The van der Waals surface area contributed by atoms with E-state index in [2.05, 4.69) is 32.9 Å². The third-order valence-electron chi connectivity index (χ3n) is 4.42. The normalized spacial score (nSPS) is 16.8. The van der Waals surface area contributed by atoms with Gasteiger partial charge in [0.05, 0.1) is 24.6 Å². The summed E-state index contributed by atoms with van der Waals surface area (Å²) in [6.45, 7) is 1.25. The van der Waals surface area contributed by atoms with Crippen molar-refractivity contribution >= 4 is 23.6 Å². The first-order valence-electron chi connectivity index (χ1n) is 8.43. The number of aromatic nitrogens is 4. The van der Waals surface area contributed by atoms with Gasteiger partial charge >= 0.3 is 6.03 Å². The second-order valence-corrected chi connectivity index (χ2v) is 6.93. The molecular weight excluding hydrogens is 336 g/mol. The zero-order valence-corrected chi connectivity index (χ0v) is 15.4. The van der Waals surface area contributed by atoms with Gasteiger partial charge in [-0.05, 0) is 31.4 Å². The zero-order chi connectivity index (χ0) is 17.6. The number of carbonyl (C=O) groups excluding carboxylic acids is 1. The molecule has 0 spiro atoms. The third kappa shape index (κ3) is 4.45. The van der Waals surface area contributed by atoms with Gasteiger partial charge in [-0.3, -0.25) is 5.32 Å². The maximum atomic E-state index is 12.2. The van der Waals surface area contributed by atoms with E-state index in [1.54, 1.807) is 24.2 Å². The van der Waals surface area contributed by atoms with Crippen LogP contribution < -0.4 is 10.6 Å². The van der Waals surface area contributed by atoms with Crippen molar-refractivity contribution < 1.29 is 4.79 Å². The quantitative estimate of drug-likeness (QED) is 0.613. The Bertz CT molecular complexity index is 750. The van der Waals surface area contributed by atoms with Crippen LogP contribution in [0.2, 0.25) is 0 Å². The van der Waals surface area contributed by atoms with E-state index in [4.69, 9.17) is 0 Å². The van der Waals surface area contributed by atoms with Gasteiger partial charge in [-0.2, -0.15) is 5.10 Å². The predicted octanol–water partition coefficient (Wildman–Crippen LogP) is 3.02. The van der Waals surface area contributed by atoms with Crippen LogP contribution in [0, 0.1) is 5.92 Å². The molecule has 8 heteroatoms. The number of carbonyl (C=O) groups is 1. The van der Waals surface area contributed by atoms with Crippen molar-refractivity contribution in [3.63, 3.8) is 0 Å². The molecule has 1 aliphatic carbocycles. The van der Waals surface area contributed by atoms with Crippen molar-refractivity contribution in [3.8, 4) is 0 Å². The van der Waals surface area contributed by atoms with Crippen molar-refractivity contribution in [2.45, 2.75) is 37.5 Å². The van der Waals surface area contributed by atoms with E-state index in [0.717, 1.165) is 36.1 Å². The molecule has 1 atom stereocenters. The molecule has 0 fully saturated rings. The van der Waals surface area contributed by atoms with E-state index in [-0.39, 0.29) is 6.03 Å². The van der Waals surface area contributed by atoms with Crippen LogP contribution in [0.15, 0.2) is 35.8 Å². The molecule has 134 valence electrons. The summed E-state index contributed by atoms with van der Waals surface area (Å²) >= 11 is 1.58. The lowest BCUT2D eigenvalue weighted by Gasteiger charge is -2.19. The maximum Gasteiger partial charge on any atom is 0.320 e. The van der Waals surface area contributed by atoms with Crippen LogP contribution in [0.5, 0.6) is 0 Å². The lowest BCUT2D eigenvalue weighted by atomic mass is 9.94. The average Bonchev–Trinajstić information content (AvgIpc) is 3.20. The molecule has 2 aromatic heterocycles. The van der Waals surface area contributed by atoms with Gasteiger partial charge in [-0.25, -0.2) is 14.5 Å². The number of anilines is 1. The lowest BCUT2D eigenvalue weighted by molar-refractivity contribution is 0.251. The minimum Gasteiger partial charge on any atom is -0.332 e. The molecule has 2 N–H and O–H groups in total. The van der Waals surface area contributed by atoms with Crippen LogP contribution in [0.4, 0.5) is 10.6 Å². The van der Waals surface area contributed by atoms with Crippen LogP contribution in [0.1, 0.15) is 25.0 Å². The molecule has 0 bridgehead atoms. The smallest absolute Gasteiger partial charge is 0.320 e. The Labute approximate surface area is 151 Å². The van der Waals surface area contributed by atoms with E-state index < -0.39 is 0 Å². The van der Waals surface area contributed by atoms with Crippen LogP contribution >= 0.6 is 11.8 Å². The highest BCUT2D eigenvalue weighted by atomic mass is 32.2. The van der Waals surface area contributed by atoms with Crippen LogP contribution in [0.25, 0.3) is 0 Å². The SMILES string of the molecule is CSc1ncc(CNC(=O)Nc2ccnn2C[C@H]2CC=CCC2)n1C. The molecule has 0 aromatic carbocycles. The van der Waals surface area contributed by atoms with Gasteiger partial charge in [-0.15, -0.1) is 0 Å². The summed E-state index contributed by atoms with van der Waals surface area (Å²) in [6.07, 6.45) is 13.3. The Morgan fingerprint density at radius 3 is 3.04 bits per heavy atom. The minimum absolute atomic E-state index is 0.239. The summed E-state index contributed by atoms with van der Waals surface area (Å²) in [6, 6.07) is 1.59. The number of allylic oxidation sites excluding steroid dienone is 2. The van der Waals surface area contributed by atoms with Gasteiger partial charge in [0.1, 0.15) is 5.82 Å². The Balaban J connectivity index is 1.53. The number of thioether (sulfide) groups is 1. The number of hydrogen-bond acceptors (Lipinski definition) is 4. The van der Waals surface area contributed by atoms with Crippen LogP contribution in [0.3, 0.4) is 0 Å². The molecule has 0 saturated carbocycles. The first kappa shape index (κ1) is 17.6. The predicted molar refractivity (Wildman–Crippen MR) is 99.6 cm³/mol. The van der Waals surface area contributed by atoms with Crippen LogP contribution in [-0.4, -0.2) is 31.6 Å². The fraction of sp³-hybridized carbons (Fsp3) is 0.471. The number of amides is 2. The monoisotopic (exact) mass is 360 g/mol. The number of urea groups is 1. The summed E-state index contributed by atoms with van der Waals surface area (Å²) < 4.78 is 3.85. The second kappa shape index (κ2) is 8.24. The van der Waals surface area contributed by atoms with Crippen molar-refractivity contribution in [1.82, 2.24) is 24.6 Å². The zero-order valence-electron chi connectivity index (χ0n) is 14.6. The summed E-state index contributed by atoms with van der Waals surface area (Å²) in [5.41, 5.74) is 0.960. The number of nitrogens with zero attached hydrogens (tertiary/aromatic N) is 4. The van der Waals surface area contributed by atoms with Crippen molar-refractivity contribution in [2.24, 2.45) is 13.0 Å². The summed E-state index contributed by atoms with van der Waals surface area (Å²) in [5.74, 6) is 1.30. The topological polar surface area (TPSA) is 76.8 Å². The van der Waals surface area contributed by atoms with Gasteiger partial charge in [0.15, 0.2) is 5.16 Å². The fourth-order valence-corrected chi connectivity index (χ4v) is 3.51. The highest BCUT2D eigenvalue weighted by molar-refractivity contribution is 7.98. The van der Waals surface area contributed by atoms with Crippen molar-refractivity contribution in [3.05, 3.63) is 36.3 Å². The molecule has 0 saturated heterocycles. The third-order valence-corrected chi connectivity index (χ3v) is 5.17. The van der Waals surface area contributed by atoms with Gasteiger partial charge in [0.2, 0.25) is 0 Å². The summed E-state index contributed by atoms with van der Waals surface area (Å²) in [5, 5.41) is 11.0. The molecule has 0 radical (unpaired) electrons. The van der Waals surface area contributed by atoms with Gasteiger partial charge in [0.25, 0.3) is 0 Å². The van der Waals surface area contributed by atoms with E-state index in [1.165, 1.54) is 6.42 Å². The average molecular weight is 360 g/mol. The number of nitrogens with one attached hydrogen (secondary N) is 2. The first-order chi connectivity index (χ1) is 12.2. The highest BCUT2D eigenvalue weighted by Crippen LogP contribution is 2.21. The fourth-order valence-electron chi connectivity index (χ4n) is 2.96. The van der Waals surface area contributed by atoms with Crippen molar-refractivity contribution in [2.75, 3.05) is 11.6 Å². The Kier molecular flexibility index (Phi) is 5.80. The number of imidazole rings is 1. The number of hydrogen-bond donors (Lipinski definition) is 2. The first-order valence-corrected chi connectivity index (χ1v) is 9.66. The Morgan fingerprint density at radius 2 is 2.32 bits per heavy atom. The van der Waals surface area contributed by atoms with E-state index in [1.807, 2.05) is 28.6 Å². The highest BCUT2D eigenvalue weighted by Gasteiger charge is 2.14. The van der Waals surface area contributed by atoms with E-state index in [9.17, 15) is 4.79 Å². The van der Waals surface area contributed by atoms with Gasteiger partial charge in [0, 0.05) is 19.7 Å². The van der Waals surface area contributed by atoms with E-state index in [0.29, 0.717) is 12.5 Å². The number of rotatable bonds is 6. The molecule has 2 heterocycles. The molecule has 1 aliphatic rings. The second-order valence-electron chi connectivity index (χ2n) is 6.15.